The molecule has 0 radical (unpaired) electrons. The first kappa shape index (κ1) is 11.3. The fraction of sp³-hybridized carbons (Fsp3) is 0.333. The molecule has 0 N–H and O–H groups in total. The molecule has 1 aliphatic rings. The maximum absolute atomic E-state index is 11.6. The average Bonchev–Trinajstić information content (AvgIpc) is 2.57. The van der Waals surface area contributed by atoms with Crippen molar-refractivity contribution in [2.45, 2.75) is 12.5 Å². The molecule has 0 bridgehead atoms. The highest BCUT2D eigenvalue weighted by Crippen LogP contribution is 2.13. The Morgan fingerprint density at radius 1 is 1.56 bits per heavy atom. The molecule has 2 rings (SSSR count). The highest BCUT2D eigenvalue weighted by molar-refractivity contribution is 9.10. The van der Waals surface area contributed by atoms with Gasteiger partial charge in [0.05, 0.1) is 0 Å². The second kappa shape index (κ2) is 4.78. The first-order valence-electron chi connectivity index (χ1n) is 5.20. The van der Waals surface area contributed by atoms with Gasteiger partial charge in [0.25, 0.3) is 0 Å². The van der Waals surface area contributed by atoms with Gasteiger partial charge in [-0.2, -0.15) is 0 Å². The Hall–Kier alpha value is -1.16. The Morgan fingerprint density at radius 2 is 2.38 bits per heavy atom. The third-order valence-electron chi connectivity index (χ3n) is 2.65. The van der Waals surface area contributed by atoms with Crippen LogP contribution in [0.25, 0.3) is 0 Å². The average molecular weight is 281 g/mol. The van der Waals surface area contributed by atoms with Crippen LogP contribution in [0, 0.1) is 0 Å². The lowest BCUT2D eigenvalue weighted by Crippen LogP contribution is -2.24. The van der Waals surface area contributed by atoms with Crippen LogP contribution in [0.1, 0.15) is 12.0 Å². The molecule has 1 saturated heterocycles. The standard InChI is InChI=1S/C12H13BrN2O/c1-15-6-5-11(12(15)16)14-8-9-3-2-4-10(13)7-9/h2-4,7-8,11H,5-6H2,1H3/b14-8+. The molecule has 16 heavy (non-hydrogen) atoms. The van der Waals surface area contributed by atoms with Gasteiger partial charge in [-0.15, -0.1) is 0 Å². The van der Waals surface area contributed by atoms with E-state index < -0.39 is 0 Å². The van der Waals surface area contributed by atoms with Crippen LogP contribution in [0.4, 0.5) is 0 Å². The Bertz CT molecular complexity index is 431. The van der Waals surface area contributed by atoms with E-state index in [2.05, 4.69) is 20.9 Å². The van der Waals surface area contributed by atoms with E-state index in [-0.39, 0.29) is 11.9 Å². The van der Waals surface area contributed by atoms with Crippen molar-refractivity contribution >= 4 is 28.1 Å². The van der Waals surface area contributed by atoms with Gasteiger partial charge in [-0.05, 0) is 24.1 Å². The van der Waals surface area contributed by atoms with Gasteiger partial charge >= 0.3 is 0 Å². The van der Waals surface area contributed by atoms with E-state index in [9.17, 15) is 4.79 Å². The van der Waals surface area contributed by atoms with E-state index >= 15 is 0 Å². The molecule has 1 atom stereocenters. The van der Waals surface area contributed by atoms with Crippen molar-refractivity contribution in [3.63, 3.8) is 0 Å². The van der Waals surface area contributed by atoms with Gasteiger partial charge in [-0.3, -0.25) is 9.79 Å². The van der Waals surface area contributed by atoms with Crippen LogP contribution in [0.3, 0.4) is 0 Å². The van der Waals surface area contributed by atoms with E-state index in [4.69, 9.17) is 0 Å². The predicted octanol–water partition coefficient (Wildman–Crippen LogP) is 2.10. The summed E-state index contributed by atoms with van der Waals surface area (Å²) in [4.78, 5) is 17.7. The van der Waals surface area contributed by atoms with Gasteiger partial charge in [-0.25, -0.2) is 0 Å². The summed E-state index contributed by atoms with van der Waals surface area (Å²) in [5.74, 6) is 0.117. The number of aliphatic imine (C=N–C) groups is 1. The number of rotatable bonds is 2. The van der Waals surface area contributed by atoms with Gasteiger partial charge in [0.15, 0.2) is 0 Å². The summed E-state index contributed by atoms with van der Waals surface area (Å²) in [6.45, 7) is 0.805. The van der Waals surface area contributed by atoms with Crippen molar-refractivity contribution in [2.24, 2.45) is 4.99 Å². The zero-order valence-corrected chi connectivity index (χ0v) is 10.6. The van der Waals surface area contributed by atoms with Gasteiger partial charge in [-0.1, -0.05) is 28.1 Å². The highest BCUT2D eigenvalue weighted by atomic mass is 79.9. The summed E-state index contributed by atoms with van der Waals surface area (Å²) in [5.41, 5.74) is 1.01. The minimum absolute atomic E-state index is 0.117. The SMILES string of the molecule is CN1CCC(/N=C/c2cccc(Br)c2)C1=O. The monoisotopic (exact) mass is 280 g/mol. The van der Waals surface area contributed by atoms with Crippen molar-refractivity contribution in [3.8, 4) is 0 Å². The van der Waals surface area contributed by atoms with Gasteiger partial charge in [0.2, 0.25) is 5.91 Å². The van der Waals surface area contributed by atoms with Crippen LogP contribution in [-0.2, 0) is 4.79 Å². The number of benzene rings is 1. The van der Waals surface area contributed by atoms with E-state index in [1.165, 1.54) is 0 Å². The topological polar surface area (TPSA) is 32.7 Å². The lowest BCUT2D eigenvalue weighted by molar-refractivity contribution is -0.127. The molecule has 4 heteroatoms. The zero-order chi connectivity index (χ0) is 11.5. The van der Waals surface area contributed by atoms with Crippen molar-refractivity contribution in [1.82, 2.24) is 4.90 Å². The summed E-state index contributed by atoms with van der Waals surface area (Å²) in [6, 6.07) is 7.67. The van der Waals surface area contributed by atoms with Crippen molar-refractivity contribution < 1.29 is 4.79 Å². The lowest BCUT2D eigenvalue weighted by Gasteiger charge is -2.06. The van der Waals surface area contributed by atoms with Crippen LogP contribution in [0.5, 0.6) is 0 Å². The Kier molecular flexibility index (Phi) is 3.39. The predicted molar refractivity (Wildman–Crippen MR) is 67.8 cm³/mol. The van der Waals surface area contributed by atoms with E-state index in [1.54, 1.807) is 11.1 Å². The minimum Gasteiger partial charge on any atom is -0.344 e. The minimum atomic E-state index is -0.191. The third-order valence-corrected chi connectivity index (χ3v) is 3.14. The molecule has 1 amide bonds. The number of amides is 1. The first-order valence-corrected chi connectivity index (χ1v) is 6.00. The number of carbonyl (C=O) groups excluding carboxylic acids is 1. The van der Waals surface area contributed by atoms with Crippen molar-refractivity contribution in [3.05, 3.63) is 34.3 Å². The molecule has 0 aromatic heterocycles. The quantitative estimate of drug-likeness (QED) is 0.764. The van der Waals surface area contributed by atoms with E-state index in [0.717, 1.165) is 23.0 Å². The second-order valence-corrected chi connectivity index (χ2v) is 4.81. The van der Waals surface area contributed by atoms with E-state index in [0.29, 0.717) is 0 Å². The number of halogens is 1. The van der Waals surface area contributed by atoms with E-state index in [1.807, 2.05) is 31.3 Å². The summed E-state index contributed by atoms with van der Waals surface area (Å²) in [5, 5.41) is 0. The van der Waals surface area contributed by atoms with Crippen molar-refractivity contribution in [2.75, 3.05) is 13.6 Å². The molecule has 0 aliphatic carbocycles. The number of hydrogen-bond donors (Lipinski definition) is 0. The zero-order valence-electron chi connectivity index (χ0n) is 9.06. The van der Waals surface area contributed by atoms with Crippen LogP contribution in [0.2, 0.25) is 0 Å². The van der Waals surface area contributed by atoms with Crippen LogP contribution in [-0.4, -0.2) is 36.7 Å². The first-order chi connectivity index (χ1) is 7.66. The summed E-state index contributed by atoms with van der Waals surface area (Å²) in [6.07, 6.45) is 2.59. The molecule has 3 nitrogen and oxygen atoms in total. The Labute approximate surface area is 103 Å². The molecular formula is C12H13BrN2O. The molecule has 1 aliphatic heterocycles. The Balaban J connectivity index is 2.07. The number of likely N-dealkylation sites (tertiary alicyclic amines) is 1. The lowest BCUT2D eigenvalue weighted by atomic mass is 10.2. The molecule has 1 fully saturated rings. The normalized spacial score (nSPS) is 21.0. The fourth-order valence-electron chi connectivity index (χ4n) is 1.71. The van der Waals surface area contributed by atoms with Gasteiger partial charge < -0.3 is 4.90 Å². The molecule has 0 spiro atoms. The van der Waals surface area contributed by atoms with Crippen molar-refractivity contribution in [1.29, 1.82) is 0 Å². The maximum atomic E-state index is 11.6. The van der Waals surface area contributed by atoms with Gasteiger partial charge in [0, 0.05) is 24.3 Å². The number of nitrogens with zero attached hydrogens (tertiary/aromatic N) is 2. The molecular weight excluding hydrogens is 268 g/mol. The van der Waals surface area contributed by atoms with Crippen LogP contribution < -0.4 is 0 Å². The number of hydrogen-bond acceptors (Lipinski definition) is 2. The molecule has 1 aromatic rings. The molecule has 84 valence electrons. The molecule has 1 unspecified atom stereocenters. The number of likely N-dealkylation sites (N-methyl/N-ethyl adjacent to an activating group) is 1. The highest BCUT2D eigenvalue weighted by Gasteiger charge is 2.27. The molecule has 1 heterocycles. The third kappa shape index (κ3) is 2.50. The molecule has 1 aromatic carbocycles. The summed E-state index contributed by atoms with van der Waals surface area (Å²) >= 11 is 3.40. The largest absolute Gasteiger partial charge is 0.344 e. The van der Waals surface area contributed by atoms with Crippen LogP contribution >= 0.6 is 15.9 Å². The molecule has 0 saturated carbocycles. The summed E-state index contributed by atoms with van der Waals surface area (Å²) < 4.78 is 1.02. The summed E-state index contributed by atoms with van der Waals surface area (Å²) in [7, 11) is 1.82. The van der Waals surface area contributed by atoms with Gasteiger partial charge in [0.1, 0.15) is 6.04 Å². The Morgan fingerprint density at radius 3 is 3.00 bits per heavy atom. The smallest absolute Gasteiger partial charge is 0.247 e. The second-order valence-electron chi connectivity index (χ2n) is 3.90. The fourth-order valence-corrected chi connectivity index (χ4v) is 2.12. The number of carbonyl (C=O) groups is 1. The van der Waals surface area contributed by atoms with Crippen LogP contribution in [0.15, 0.2) is 33.7 Å². The maximum Gasteiger partial charge on any atom is 0.247 e.